The van der Waals surface area contributed by atoms with Crippen molar-refractivity contribution in [2.24, 2.45) is 11.5 Å². The molecule has 0 fully saturated rings. The summed E-state index contributed by atoms with van der Waals surface area (Å²) < 4.78 is 15.2. The van der Waals surface area contributed by atoms with E-state index < -0.39 is 53.2 Å². The lowest BCUT2D eigenvalue weighted by Gasteiger charge is -2.32. The highest BCUT2D eigenvalue weighted by atomic mass is 35.5. The van der Waals surface area contributed by atoms with Crippen molar-refractivity contribution in [1.82, 2.24) is 35.8 Å². The second-order valence-electron chi connectivity index (χ2n) is 14.3. The summed E-state index contributed by atoms with van der Waals surface area (Å²) in [6, 6.07) is 11.9. The highest BCUT2D eigenvalue weighted by molar-refractivity contribution is 7.99. The van der Waals surface area contributed by atoms with Crippen LogP contribution in [0.15, 0.2) is 83.1 Å². The van der Waals surface area contributed by atoms with Crippen molar-refractivity contribution in [2.45, 2.75) is 79.7 Å². The topological polar surface area (TPSA) is 221 Å². The number of likely N-dealkylation sites (N-methyl/N-ethyl adjacent to an activating group) is 1. The first kappa shape index (κ1) is 43.2. The molecule has 3 amide bonds. The van der Waals surface area contributed by atoms with Gasteiger partial charge < -0.3 is 42.4 Å². The third kappa shape index (κ3) is 10.3. The molecule has 0 unspecified atom stereocenters. The minimum absolute atomic E-state index is 0.114. The van der Waals surface area contributed by atoms with E-state index in [1.807, 2.05) is 30.5 Å². The van der Waals surface area contributed by atoms with Gasteiger partial charge in [0, 0.05) is 60.9 Å². The number of amides is 3. The molecule has 14 nitrogen and oxygen atoms in total. The molecule has 9 N–H and O–H groups in total. The van der Waals surface area contributed by atoms with Crippen LogP contribution in [0, 0.1) is 5.82 Å². The number of unbranched alkanes of at least 4 members (excludes halogenated alkanes) is 1. The van der Waals surface area contributed by atoms with Gasteiger partial charge in [0.15, 0.2) is 0 Å². The molecule has 0 aliphatic carbocycles. The molecular formula is C42H47ClFN9O5S. The quantitative estimate of drug-likeness (QED) is 0.0898. The van der Waals surface area contributed by atoms with Gasteiger partial charge in [-0.05, 0) is 91.7 Å². The van der Waals surface area contributed by atoms with Crippen molar-refractivity contribution in [3.05, 3.63) is 106 Å². The molecule has 0 bridgehead atoms. The Morgan fingerprint density at radius 1 is 0.966 bits per heavy atom. The predicted molar refractivity (Wildman–Crippen MR) is 224 cm³/mol. The molecule has 2 aromatic heterocycles. The number of halogens is 2. The summed E-state index contributed by atoms with van der Waals surface area (Å²) in [6.45, 7) is 0.726. The number of aromatic amines is 1. The second-order valence-corrected chi connectivity index (χ2v) is 15.7. The molecule has 0 spiro atoms. The van der Waals surface area contributed by atoms with Crippen LogP contribution in [0.2, 0.25) is 5.02 Å². The van der Waals surface area contributed by atoms with Crippen molar-refractivity contribution < 1.29 is 28.7 Å². The second kappa shape index (κ2) is 20.0. The number of H-pyrrole nitrogens is 1. The standard InChI is InChI=1S/C42H47ClFN9O5S/c1-53-36(20-25-21-49-32-8-3-2-7-27(25)32)39(55)51-22-29-26(24-11-12-28(42(57)58)31(44)19-24)13-14-30(43)37(29)59-40-35(47-17-18-48-40)23-50-33(10-6-16-46)38(54)52-34(41(53)56)9-4-5-15-45/h2-3,7-8,11-14,17-19,21,33-34,36,49-50H,4-6,9-10,15-16,20,22-23,45-46H2,1H3,(H,51,55)(H,52,54)(H,57,58)/t33-,34-,36-/m0/s1. The normalized spacial score (nSPS) is 18.2. The lowest BCUT2D eigenvalue weighted by Crippen LogP contribution is -2.57. The summed E-state index contributed by atoms with van der Waals surface area (Å²) in [7, 11) is 1.55. The first-order chi connectivity index (χ1) is 28.5. The highest BCUT2D eigenvalue weighted by Crippen LogP contribution is 2.41. The molecule has 1 aliphatic heterocycles. The molecular weight excluding hydrogens is 797 g/mol. The number of nitrogens with two attached hydrogens (primary N) is 2. The third-order valence-electron chi connectivity index (χ3n) is 10.4. The maximum atomic E-state index is 15.2. The average Bonchev–Trinajstić information content (AvgIpc) is 3.64. The van der Waals surface area contributed by atoms with Crippen LogP contribution in [0.4, 0.5) is 4.39 Å². The number of nitrogens with one attached hydrogen (secondary N) is 4. The van der Waals surface area contributed by atoms with E-state index >= 15 is 4.39 Å². The van der Waals surface area contributed by atoms with Crippen LogP contribution in [0.3, 0.4) is 0 Å². The molecule has 1 aliphatic rings. The number of benzene rings is 3. The van der Waals surface area contributed by atoms with Crippen molar-refractivity contribution in [2.75, 3.05) is 20.1 Å². The highest BCUT2D eigenvalue weighted by Gasteiger charge is 2.34. The van der Waals surface area contributed by atoms with Gasteiger partial charge in [0.1, 0.15) is 22.9 Å². The number of para-hydroxylation sites is 1. The van der Waals surface area contributed by atoms with Gasteiger partial charge in [0.05, 0.1) is 22.3 Å². The summed E-state index contributed by atoms with van der Waals surface area (Å²) in [5.74, 6) is -3.71. The zero-order chi connectivity index (χ0) is 42.1. The van der Waals surface area contributed by atoms with Crippen LogP contribution in [-0.4, -0.2) is 86.9 Å². The minimum atomic E-state index is -1.41. The van der Waals surface area contributed by atoms with Crippen LogP contribution >= 0.6 is 23.4 Å². The number of carboxylic acids is 1. The molecule has 59 heavy (non-hydrogen) atoms. The number of carboxylic acid groups (broad SMARTS) is 1. The Morgan fingerprint density at radius 2 is 1.73 bits per heavy atom. The fourth-order valence-corrected chi connectivity index (χ4v) is 8.48. The van der Waals surface area contributed by atoms with Crippen molar-refractivity contribution in [1.29, 1.82) is 0 Å². The molecule has 6 rings (SSSR count). The zero-order valence-electron chi connectivity index (χ0n) is 32.5. The number of hydrogen-bond donors (Lipinski definition) is 7. The Balaban J connectivity index is 1.49. The largest absolute Gasteiger partial charge is 0.478 e. The van der Waals surface area contributed by atoms with E-state index in [2.05, 4.69) is 30.9 Å². The maximum absolute atomic E-state index is 15.2. The lowest BCUT2D eigenvalue weighted by atomic mass is 9.97. The van der Waals surface area contributed by atoms with E-state index in [4.69, 9.17) is 23.1 Å². The van der Waals surface area contributed by atoms with E-state index in [-0.39, 0.29) is 25.9 Å². The number of carbonyl (C=O) groups excluding carboxylic acids is 3. The zero-order valence-corrected chi connectivity index (χ0v) is 34.0. The summed E-state index contributed by atoms with van der Waals surface area (Å²) in [6.07, 6.45) is 7.33. The van der Waals surface area contributed by atoms with E-state index in [1.165, 1.54) is 41.2 Å². The minimum Gasteiger partial charge on any atom is -0.478 e. The van der Waals surface area contributed by atoms with Gasteiger partial charge in [-0.3, -0.25) is 19.4 Å². The number of hydrogen-bond acceptors (Lipinski definition) is 10. The van der Waals surface area contributed by atoms with E-state index in [0.717, 1.165) is 22.5 Å². The Morgan fingerprint density at radius 3 is 2.49 bits per heavy atom. The lowest BCUT2D eigenvalue weighted by molar-refractivity contribution is -0.142. The Hall–Kier alpha value is -5.39. The molecule has 0 saturated carbocycles. The number of nitrogens with zero attached hydrogens (tertiary/aromatic N) is 3. The SMILES string of the molecule is CN1C(=O)[C@H](CCCCN)NC(=O)[C@H](CCCN)NCc2nccnc2Sc2c(Cl)ccc(-c3ccc(C(=O)O)c(F)c3)c2CNC(=O)[C@@H]1Cc1c[nH]c2ccccc12. The van der Waals surface area contributed by atoms with Gasteiger partial charge in [-0.15, -0.1) is 0 Å². The molecule has 5 aromatic rings. The van der Waals surface area contributed by atoms with Crippen LogP contribution in [-0.2, 0) is 33.9 Å². The number of aromatic carboxylic acids is 1. The number of carbonyl (C=O) groups is 4. The summed E-state index contributed by atoms with van der Waals surface area (Å²) in [4.78, 5) is 69.3. The average molecular weight is 844 g/mol. The van der Waals surface area contributed by atoms with E-state index in [1.54, 1.807) is 19.2 Å². The molecule has 3 atom stereocenters. The van der Waals surface area contributed by atoms with Crippen molar-refractivity contribution in [3.63, 3.8) is 0 Å². The third-order valence-corrected chi connectivity index (χ3v) is 12.0. The first-order valence-electron chi connectivity index (χ1n) is 19.4. The smallest absolute Gasteiger partial charge is 0.338 e. The molecule has 17 heteroatoms. The Kier molecular flexibility index (Phi) is 14.7. The van der Waals surface area contributed by atoms with Crippen molar-refractivity contribution >= 4 is 58.0 Å². The monoisotopic (exact) mass is 843 g/mol. The molecule has 310 valence electrons. The first-order valence-corrected chi connectivity index (χ1v) is 20.6. The van der Waals surface area contributed by atoms with E-state index in [9.17, 15) is 24.3 Å². The fraction of sp³-hybridized carbons (Fsp3) is 0.333. The van der Waals surface area contributed by atoms with Gasteiger partial charge in [0.25, 0.3) is 0 Å². The Bertz CT molecular complexity index is 2330. The van der Waals surface area contributed by atoms with Gasteiger partial charge in [0.2, 0.25) is 17.7 Å². The Labute approximate surface area is 350 Å². The molecule has 3 aromatic carbocycles. The van der Waals surface area contributed by atoms with Crippen LogP contribution in [0.5, 0.6) is 0 Å². The van der Waals surface area contributed by atoms with Gasteiger partial charge in [-0.25, -0.2) is 14.2 Å². The number of fused-ring (bicyclic) bond motifs is 3. The number of aromatic nitrogens is 3. The summed E-state index contributed by atoms with van der Waals surface area (Å²) in [5.41, 5.74) is 14.7. The van der Waals surface area contributed by atoms with Crippen LogP contribution in [0.1, 0.15) is 59.3 Å². The maximum Gasteiger partial charge on any atom is 0.338 e. The molecule has 0 radical (unpaired) electrons. The van der Waals surface area contributed by atoms with Crippen LogP contribution < -0.4 is 27.4 Å². The van der Waals surface area contributed by atoms with Crippen LogP contribution in [0.25, 0.3) is 22.0 Å². The van der Waals surface area contributed by atoms with E-state index in [0.29, 0.717) is 76.1 Å². The van der Waals surface area contributed by atoms with Crippen molar-refractivity contribution in [3.8, 4) is 11.1 Å². The fourth-order valence-electron chi connectivity index (χ4n) is 7.17. The number of rotatable bonds is 11. The molecule has 3 heterocycles. The predicted octanol–water partition coefficient (Wildman–Crippen LogP) is 4.78. The van der Waals surface area contributed by atoms with Gasteiger partial charge >= 0.3 is 5.97 Å². The van der Waals surface area contributed by atoms with Gasteiger partial charge in [-0.2, -0.15) is 0 Å². The summed E-state index contributed by atoms with van der Waals surface area (Å²) >= 11 is 8.12. The summed E-state index contributed by atoms with van der Waals surface area (Å²) in [5, 5.41) is 20.5. The molecule has 0 saturated heterocycles. The van der Waals surface area contributed by atoms with Gasteiger partial charge in [-0.1, -0.05) is 53.7 Å².